The second-order valence-electron chi connectivity index (χ2n) is 5.46. The maximum atomic E-state index is 11.7. The van der Waals surface area contributed by atoms with Crippen LogP contribution in [0.5, 0.6) is 11.5 Å². The van der Waals surface area contributed by atoms with Gasteiger partial charge in [-0.1, -0.05) is 6.92 Å². The number of Topliss-reactive ketones (excluding diaryl/α,β-unsaturated/α-hetero) is 1. The summed E-state index contributed by atoms with van der Waals surface area (Å²) in [5.41, 5.74) is 0.454. The molecule has 4 N–H and O–H groups in total. The Labute approximate surface area is 139 Å². The Kier molecular flexibility index (Phi) is 6.14. The Morgan fingerprint density at radius 2 is 1.88 bits per heavy atom. The number of carbonyl (C=O) groups is 1. The monoisotopic (exact) mass is 342 g/mol. The van der Waals surface area contributed by atoms with Crippen molar-refractivity contribution in [1.82, 2.24) is 0 Å². The van der Waals surface area contributed by atoms with E-state index in [-0.39, 0.29) is 17.3 Å². The summed E-state index contributed by atoms with van der Waals surface area (Å²) in [6, 6.07) is 4.54. The summed E-state index contributed by atoms with van der Waals surface area (Å²) in [5.74, 6) is 0.383. The number of hydrogen-bond donors (Lipinski definition) is 4. The van der Waals surface area contributed by atoms with E-state index >= 15 is 0 Å². The van der Waals surface area contributed by atoms with E-state index in [2.05, 4.69) is 0 Å². The van der Waals surface area contributed by atoms with Gasteiger partial charge in [0.2, 0.25) is 6.29 Å². The molecule has 24 heavy (non-hydrogen) atoms. The van der Waals surface area contributed by atoms with Gasteiger partial charge < -0.3 is 34.6 Å². The van der Waals surface area contributed by atoms with Crippen molar-refractivity contribution >= 4 is 5.78 Å². The van der Waals surface area contributed by atoms with E-state index in [9.17, 15) is 25.2 Å². The van der Waals surface area contributed by atoms with Gasteiger partial charge in [0.15, 0.2) is 17.3 Å². The van der Waals surface area contributed by atoms with Gasteiger partial charge in [-0.3, -0.25) is 4.79 Å². The van der Waals surface area contributed by atoms with Gasteiger partial charge in [0.05, 0.1) is 13.7 Å². The molecule has 1 aliphatic rings. The number of carbonyl (C=O) groups excluding carboxylic acids is 1. The number of benzene rings is 1. The maximum Gasteiger partial charge on any atom is 0.229 e. The lowest BCUT2D eigenvalue weighted by Crippen LogP contribution is -2.60. The summed E-state index contributed by atoms with van der Waals surface area (Å²) in [5, 5.41) is 38.7. The largest absolute Gasteiger partial charge is 0.493 e. The molecule has 3 unspecified atom stereocenters. The number of aliphatic hydroxyl groups excluding tert-OH is 4. The Bertz CT molecular complexity index is 573. The molecule has 1 fully saturated rings. The predicted molar refractivity (Wildman–Crippen MR) is 82.0 cm³/mol. The lowest BCUT2D eigenvalue weighted by atomic mass is 9.99. The van der Waals surface area contributed by atoms with Crippen molar-refractivity contribution in [3.05, 3.63) is 23.8 Å². The fraction of sp³-hybridized carbons (Fsp3) is 0.562. The Morgan fingerprint density at radius 3 is 2.46 bits per heavy atom. The van der Waals surface area contributed by atoms with E-state index in [1.54, 1.807) is 13.0 Å². The molecule has 0 radical (unpaired) electrons. The van der Waals surface area contributed by atoms with Crippen molar-refractivity contribution in [2.45, 2.75) is 44.1 Å². The summed E-state index contributed by atoms with van der Waals surface area (Å²) in [6.45, 7) is 1.19. The number of methoxy groups -OCH3 is 1. The highest BCUT2D eigenvalue weighted by molar-refractivity contribution is 5.96. The third kappa shape index (κ3) is 3.68. The Morgan fingerprint density at radius 1 is 1.17 bits per heavy atom. The first kappa shape index (κ1) is 18.6. The van der Waals surface area contributed by atoms with Gasteiger partial charge in [-0.2, -0.15) is 0 Å². The van der Waals surface area contributed by atoms with Crippen LogP contribution in [0.25, 0.3) is 0 Å². The minimum atomic E-state index is -1.53. The van der Waals surface area contributed by atoms with Gasteiger partial charge in [0.25, 0.3) is 0 Å². The molecule has 0 aliphatic carbocycles. The lowest BCUT2D eigenvalue weighted by Gasteiger charge is -2.39. The maximum absolute atomic E-state index is 11.7. The fourth-order valence-corrected chi connectivity index (χ4v) is 2.43. The van der Waals surface area contributed by atoms with Crippen molar-refractivity contribution < 1.29 is 39.4 Å². The van der Waals surface area contributed by atoms with Crippen molar-refractivity contribution in [3.8, 4) is 11.5 Å². The van der Waals surface area contributed by atoms with Crippen LogP contribution in [-0.2, 0) is 4.74 Å². The number of rotatable bonds is 6. The van der Waals surface area contributed by atoms with Gasteiger partial charge in [0.1, 0.15) is 24.4 Å². The van der Waals surface area contributed by atoms with Crippen LogP contribution >= 0.6 is 0 Å². The molecule has 0 bridgehead atoms. The summed E-state index contributed by atoms with van der Waals surface area (Å²) in [6.07, 6.45) is -6.56. The van der Waals surface area contributed by atoms with E-state index < -0.39 is 37.3 Å². The molecule has 0 aromatic heterocycles. The topological polar surface area (TPSA) is 126 Å². The minimum Gasteiger partial charge on any atom is -0.493 e. The first-order valence-electron chi connectivity index (χ1n) is 7.61. The molecule has 1 aromatic rings. The molecule has 0 amide bonds. The quantitative estimate of drug-likeness (QED) is 0.508. The van der Waals surface area contributed by atoms with E-state index in [1.807, 2.05) is 0 Å². The first-order chi connectivity index (χ1) is 11.4. The first-order valence-corrected chi connectivity index (χ1v) is 7.61. The predicted octanol–water partition coefficient (Wildman–Crippen LogP) is -0.533. The summed E-state index contributed by atoms with van der Waals surface area (Å²) in [7, 11) is 1.40. The number of ketones is 1. The van der Waals surface area contributed by atoms with E-state index in [0.717, 1.165) is 0 Å². The standard InChI is InChI=1S/C16H22O8/c1-3-9(18)8-4-5-10(11(6-8)22-2)23-16-15(21)14(20)13(19)12(7-17)24-16/h4-6,12-17,19-21H,3,7H2,1-2H3/t12?,13-,14?,15?,16-/m1/s1. The van der Waals surface area contributed by atoms with Crippen molar-refractivity contribution in [2.75, 3.05) is 13.7 Å². The van der Waals surface area contributed by atoms with Crippen LogP contribution < -0.4 is 9.47 Å². The molecule has 1 saturated heterocycles. The van der Waals surface area contributed by atoms with Crippen molar-refractivity contribution in [1.29, 1.82) is 0 Å². The number of ether oxygens (including phenoxy) is 3. The highest BCUT2D eigenvalue weighted by Gasteiger charge is 2.44. The molecule has 1 aliphatic heterocycles. The van der Waals surface area contributed by atoms with Gasteiger partial charge in [-0.25, -0.2) is 0 Å². The van der Waals surface area contributed by atoms with E-state index in [4.69, 9.17) is 14.2 Å². The highest BCUT2D eigenvalue weighted by Crippen LogP contribution is 2.32. The molecular formula is C16H22O8. The molecule has 8 nitrogen and oxygen atoms in total. The molecule has 0 spiro atoms. The molecule has 5 atom stereocenters. The third-order valence-corrected chi connectivity index (χ3v) is 3.90. The van der Waals surface area contributed by atoms with Crippen LogP contribution in [0.3, 0.4) is 0 Å². The fourth-order valence-electron chi connectivity index (χ4n) is 2.43. The molecule has 1 aromatic carbocycles. The zero-order valence-corrected chi connectivity index (χ0v) is 13.5. The van der Waals surface area contributed by atoms with E-state index in [0.29, 0.717) is 12.0 Å². The van der Waals surface area contributed by atoms with Crippen LogP contribution in [0.15, 0.2) is 18.2 Å². The lowest BCUT2D eigenvalue weighted by molar-refractivity contribution is -0.277. The molecular weight excluding hydrogens is 320 g/mol. The summed E-state index contributed by atoms with van der Waals surface area (Å²) < 4.78 is 16.0. The smallest absolute Gasteiger partial charge is 0.229 e. The number of aliphatic hydroxyl groups is 4. The van der Waals surface area contributed by atoms with Gasteiger partial charge >= 0.3 is 0 Å². The second-order valence-corrected chi connectivity index (χ2v) is 5.46. The minimum absolute atomic E-state index is 0.0623. The second kappa shape index (κ2) is 7.91. The van der Waals surface area contributed by atoms with Crippen LogP contribution in [0.2, 0.25) is 0 Å². The SMILES string of the molecule is CCC(=O)c1ccc(O[C@@H]2OC(CO)[C@@H](O)C(O)C2O)c(OC)c1. The van der Waals surface area contributed by atoms with Gasteiger partial charge in [-0.15, -0.1) is 0 Å². The van der Waals surface area contributed by atoms with Crippen molar-refractivity contribution in [2.24, 2.45) is 0 Å². The molecule has 8 heteroatoms. The van der Waals surface area contributed by atoms with Crippen molar-refractivity contribution in [3.63, 3.8) is 0 Å². The molecule has 2 rings (SSSR count). The average Bonchev–Trinajstić information content (AvgIpc) is 2.61. The summed E-state index contributed by atoms with van der Waals surface area (Å²) >= 11 is 0. The average molecular weight is 342 g/mol. The van der Waals surface area contributed by atoms with Gasteiger partial charge in [-0.05, 0) is 18.2 Å². The highest BCUT2D eigenvalue weighted by atomic mass is 16.7. The normalized spacial score (nSPS) is 30.0. The zero-order valence-electron chi connectivity index (χ0n) is 13.5. The van der Waals surface area contributed by atoms with Crippen LogP contribution in [0, 0.1) is 0 Å². The Balaban J connectivity index is 2.21. The summed E-state index contributed by atoms with van der Waals surface area (Å²) in [4.78, 5) is 11.7. The number of hydrogen-bond acceptors (Lipinski definition) is 8. The molecule has 0 saturated carbocycles. The molecule has 134 valence electrons. The zero-order chi connectivity index (χ0) is 17.9. The van der Waals surface area contributed by atoms with Crippen LogP contribution in [0.1, 0.15) is 23.7 Å². The third-order valence-electron chi connectivity index (χ3n) is 3.90. The Hall–Kier alpha value is -1.71. The molecule has 1 heterocycles. The van der Waals surface area contributed by atoms with E-state index in [1.165, 1.54) is 19.2 Å². The van der Waals surface area contributed by atoms with Crippen LogP contribution in [0.4, 0.5) is 0 Å². The van der Waals surface area contributed by atoms with Crippen LogP contribution in [-0.4, -0.2) is 70.6 Å². The van der Waals surface area contributed by atoms with Gasteiger partial charge in [0, 0.05) is 12.0 Å².